The van der Waals surface area contributed by atoms with E-state index in [-0.39, 0.29) is 23.8 Å². The van der Waals surface area contributed by atoms with Crippen molar-refractivity contribution in [2.24, 2.45) is 0 Å². The molecule has 0 amide bonds. The van der Waals surface area contributed by atoms with E-state index in [1.54, 1.807) is 12.1 Å². The maximum absolute atomic E-state index is 11.4. The molecule has 0 saturated carbocycles. The Hall–Kier alpha value is -1.82. The van der Waals surface area contributed by atoms with Gasteiger partial charge in [0.2, 0.25) is 0 Å². The second kappa shape index (κ2) is 12.3. The van der Waals surface area contributed by atoms with E-state index in [2.05, 4.69) is 5.32 Å². The average molecular weight is 441 g/mol. The van der Waals surface area contributed by atoms with Gasteiger partial charge < -0.3 is 30.6 Å². The number of hydrogen-bond donors (Lipinski definition) is 5. The van der Waals surface area contributed by atoms with Crippen LogP contribution in [0.5, 0.6) is 0 Å². The van der Waals surface area contributed by atoms with Crippen LogP contribution < -0.4 is 5.32 Å². The van der Waals surface area contributed by atoms with Crippen LogP contribution >= 0.6 is 0 Å². The summed E-state index contributed by atoms with van der Waals surface area (Å²) in [5.74, 6) is 0. The van der Waals surface area contributed by atoms with Crippen LogP contribution in [0.25, 0.3) is 0 Å². The van der Waals surface area contributed by atoms with E-state index in [9.17, 15) is 30.5 Å². The van der Waals surface area contributed by atoms with Gasteiger partial charge in [0.1, 0.15) is 17.9 Å². The number of hydrogen-bond acceptors (Lipinski definition) is 9. The molecule has 1 saturated heterocycles. The van der Waals surface area contributed by atoms with Crippen LogP contribution in [0, 0.1) is 10.1 Å². The monoisotopic (exact) mass is 440 g/mol. The molecule has 0 aliphatic carbocycles. The average Bonchev–Trinajstić information content (AvgIpc) is 2.71. The van der Waals surface area contributed by atoms with Crippen LogP contribution in [0.2, 0.25) is 0 Å². The first-order valence-corrected chi connectivity index (χ1v) is 10.8. The number of nitro groups is 1. The lowest BCUT2D eigenvalue weighted by molar-refractivity contribution is -0.384. The Balaban J connectivity index is 1.72. The number of likely N-dealkylation sites (tertiary alicyclic amines) is 1. The summed E-state index contributed by atoms with van der Waals surface area (Å²) in [6, 6.07) is 4.69. The number of nitrogens with one attached hydrogen (secondary N) is 1. The van der Waals surface area contributed by atoms with E-state index in [0.717, 1.165) is 31.2 Å². The van der Waals surface area contributed by atoms with Gasteiger partial charge >= 0.3 is 0 Å². The number of aliphatic hydroxyl groups excluding tert-OH is 4. The molecular weight excluding hydrogens is 404 g/mol. The molecule has 0 spiro atoms. The second-order valence-electron chi connectivity index (χ2n) is 8.48. The zero-order valence-electron chi connectivity index (χ0n) is 18.4. The summed E-state index contributed by atoms with van der Waals surface area (Å²) in [7, 11) is 3.84. The van der Waals surface area contributed by atoms with E-state index < -0.39 is 24.4 Å². The van der Waals surface area contributed by atoms with E-state index in [1.165, 1.54) is 0 Å². The molecule has 0 radical (unpaired) electrons. The van der Waals surface area contributed by atoms with Crippen LogP contribution in [-0.2, 0) is 6.54 Å². The Kier molecular flexibility index (Phi) is 10.1. The highest BCUT2D eigenvalue weighted by Crippen LogP contribution is 2.26. The number of benzene rings is 1. The number of piperidine rings is 1. The number of rotatable bonds is 12. The number of anilines is 1. The summed E-state index contributed by atoms with van der Waals surface area (Å²) < 4.78 is 0. The van der Waals surface area contributed by atoms with Crippen LogP contribution in [-0.4, -0.2) is 99.8 Å². The molecule has 1 fully saturated rings. The molecule has 1 aliphatic rings. The molecule has 176 valence electrons. The van der Waals surface area contributed by atoms with Gasteiger partial charge in [0.05, 0.1) is 23.7 Å². The molecule has 0 bridgehead atoms. The molecule has 4 unspecified atom stereocenters. The third-order valence-corrected chi connectivity index (χ3v) is 5.66. The summed E-state index contributed by atoms with van der Waals surface area (Å²) in [6.07, 6.45) is 0.0788. The van der Waals surface area contributed by atoms with Crippen LogP contribution in [0.15, 0.2) is 18.2 Å². The summed E-state index contributed by atoms with van der Waals surface area (Å²) in [5.41, 5.74) is 1.50. The fourth-order valence-corrected chi connectivity index (χ4v) is 3.99. The second-order valence-corrected chi connectivity index (χ2v) is 8.48. The van der Waals surface area contributed by atoms with Crippen LogP contribution in [0.3, 0.4) is 0 Å². The SMILES string of the molecule is CN(C)Cc1ccc(NCCCCCCN2CC(O)C(O)C(O)C2CO)c([N+](=O)[O-])c1. The number of nitrogens with zero attached hydrogens (tertiary/aromatic N) is 3. The van der Waals surface area contributed by atoms with E-state index >= 15 is 0 Å². The molecule has 10 nitrogen and oxygen atoms in total. The van der Waals surface area contributed by atoms with Gasteiger partial charge in [-0.3, -0.25) is 15.0 Å². The number of nitro benzene ring substituents is 1. The van der Waals surface area contributed by atoms with Crippen LogP contribution in [0.4, 0.5) is 11.4 Å². The third kappa shape index (κ3) is 7.37. The molecule has 0 aromatic heterocycles. The quantitative estimate of drug-likeness (QED) is 0.177. The van der Waals surface area contributed by atoms with Crippen molar-refractivity contribution in [3.05, 3.63) is 33.9 Å². The lowest BCUT2D eigenvalue weighted by atomic mass is 9.94. The van der Waals surface area contributed by atoms with Crippen molar-refractivity contribution in [1.29, 1.82) is 0 Å². The minimum atomic E-state index is -1.24. The first kappa shape index (κ1) is 25.4. The number of unbranched alkanes of at least 4 members (excludes halogenated alkanes) is 3. The van der Waals surface area contributed by atoms with Gasteiger partial charge in [-0.25, -0.2) is 0 Å². The predicted octanol–water partition coefficient (Wildman–Crippen LogP) is 0.388. The fraction of sp³-hybridized carbons (Fsp3) is 0.714. The van der Waals surface area contributed by atoms with Gasteiger partial charge in [-0.2, -0.15) is 0 Å². The fourth-order valence-electron chi connectivity index (χ4n) is 3.99. The normalized spacial score (nSPS) is 24.5. The molecule has 1 aliphatic heterocycles. The zero-order valence-corrected chi connectivity index (χ0v) is 18.4. The van der Waals surface area contributed by atoms with Gasteiger partial charge in [0, 0.05) is 25.7 Å². The molecule has 1 aromatic rings. The Labute approximate surface area is 183 Å². The molecule has 4 atom stereocenters. The number of aliphatic hydroxyl groups is 4. The smallest absolute Gasteiger partial charge is 0.292 e. The van der Waals surface area contributed by atoms with Crippen molar-refractivity contribution >= 4 is 11.4 Å². The molecular formula is C21H36N4O6. The highest BCUT2D eigenvalue weighted by atomic mass is 16.6. The summed E-state index contributed by atoms with van der Waals surface area (Å²) in [4.78, 5) is 14.8. The number of β-amino-alcohol motifs (C(OH)–C–C–N with tert-alkyl or cyclic N) is 1. The molecule has 1 aromatic carbocycles. The van der Waals surface area contributed by atoms with Crippen molar-refractivity contribution in [3.63, 3.8) is 0 Å². The van der Waals surface area contributed by atoms with Gasteiger partial charge in [0.15, 0.2) is 0 Å². The maximum Gasteiger partial charge on any atom is 0.292 e. The van der Waals surface area contributed by atoms with E-state index in [0.29, 0.717) is 25.3 Å². The minimum absolute atomic E-state index is 0.0822. The maximum atomic E-state index is 11.4. The molecule has 2 rings (SSSR count). The lowest BCUT2D eigenvalue weighted by Gasteiger charge is -2.43. The first-order valence-electron chi connectivity index (χ1n) is 10.8. The third-order valence-electron chi connectivity index (χ3n) is 5.66. The molecule has 5 N–H and O–H groups in total. The van der Waals surface area contributed by atoms with Crippen molar-refractivity contribution in [2.75, 3.05) is 45.7 Å². The summed E-state index contributed by atoms with van der Waals surface area (Å²) in [5, 5.41) is 53.6. The standard InChI is InChI=1S/C21H36N4O6/c1-23(2)12-15-7-8-16(17(11-15)25(30)31)22-9-5-3-4-6-10-24-13-19(27)21(29)20(28)18(24)14-26/h7-8,11,18-22,26-29H,3-6,9-10,12-14H2,1-2H3. The first-order chi connectivity index (χ1) is 14.7. The van der Waals surface area contributed by atoms with Gasteiger partial charge in [-0.1, -0.05) is 18.9 Å². The lowest BCUT2D eigenvalue weighted by Crippen LogP contribution is -2.62. The van der Waals surface area contributed by atoms with Crippen molar-refractivity contribution < 1.29 is 25.3 Å². The molecule has 10 heteroatoms. The van der Waals surface area contributed by atoms with Crippen molar-refractivity contribution in [2.45, 2.75) is 56.6 Å². The minimum Gasteiger partial charge on any atom is -0.395 e. The largest absolute Gasteiger partial charge is 0.395 e. The Morgan fingerprint density at radius 3 is 2.52 bits per heavy atom. The molecule has 31 heavy (non-hydrogen) atoms. The van der Waals surface area contributed by atoms with E-state index in [1.807, 2.05) is 30.0 Å². The highest BCUT2D eigenvalue weighted by Gasteiger charge is 2.40. The zero-order chi connectivity index (χ0) is 23.0. The van der Waals surface area contributed by atoms with Crippen molar-refractivity contribution in [3.8, 4) is 0 Å². The summed E-state index contributed by atoms with van der Waals surface area (Å²) >= 11 is 0. The van der Waals surface area contributed by atoms with Gasteiger partial charge in [-0.15, -0.1) is 0 Å². The van der Waals surface area contributed by atoms with Gasteiger partial charge in [-0.05, 0) is 45.1 Å². The van der Waals surface area contributed by atoms with E-state index in [4.69, 9.17) is 0 Å². The summed E-state index contributed by atoms with van der Waals surface area (Å²) in [6.45, 7) is 1.82. The van der Waals surface area contributed by atoms with Crippen molar-refractivity contribution in [1.82, 2.24) is 9.80 Å². The van der Waals surface area contributed by atoms with Crippen LogP contribution in [0.1, 0.15) is 31.2 Å². The topological polar surface area (TPSA) is 143 Å². The Bertz CT molecular complexity index is 704. The Morgan fingerprint density at radius 2 is 1.87 bits per heavy atom. The highest BCUT2D eigenvalue weighted by molar-refractivity contribution is 5.62. The van der Waals surface area contributed by atoms with Gasteiger partial charge in [0.25, 0.3) is 5.69 Å². The predicted molar refractivity (Wildman–Crippen MR) is 118 cm³/mol. The Morgan fingerprint density at radius 1 is 1.16 bits per heavy atom. The molecule has 1 heterocycles.